The lowest BCUT2D eigenvalue weighted by Gasteiger charge is -2.39. The molecule has 2 aromatic carbocycles. The van der Waals surface area contributed by atoms with E-state index in [1.807, 2.05) is 6.07 Å². The van der Waals surface area contributed by atoms with E-state index in [0.717, 1.165) is 42.0 Å². The lowest BCUT2D eigenvalue weighted by molar-refractivity contribution is -0.0576. The average Bonchev–Trinajstić information content (AvgIpc) is 2.88. The Balaban J connectivity index is 1.52. The molecule has 1 fully saturated rings. The van der Waals surface area contributed by atoms with Gasteiger partial charge in [-0.3, -0.25) is 4.72 Å². The summed E-state index contributed by atoms with van der Waals surface area (Å²) in [4.78, 5) is 10.9. The maximum Gasteiger partial charge on any atom is 0.237 e. The number of hydrogen-bond acceptors (Lipinski definition) is 6. The predicted molar refractivity (Wildman–Crippen MR) is 166 cm³/mol. The second-order valence-electron chi connectivity index (χ2n) is 13.8. The first-order valence-electron chi connectivity index (χ1n) is 14.7. The summed E-state index contributed by atoms with van der Waals surface area (Å²) < 4.78 is 16.5. The maximum atomic E-state index is 6.60. The minimum absolute atomic E-state index is 0.160. The zero-order valence-corrected chi connectivity index (χ0v) is 26.0. The quantitative estimate of drug-likeness (QED) is 0.322. The molecule has 0 spiro atoms. The molecule has 0 saturated carbocycles. The van der Waals surface area contributed by atoms with Crippen molar-refractivity contribution in [2.75, 3.05) is 17.9 Å². The number of anilines is 1. The van der Waals surface area contributed by atoms with E-state index in [9.17, 15) is 0 Å². The Bertz CT molecular complexity index is 1300. The average molecular weight is 560 g/mol. The Morgan fingerprint density at radius 2 is 1.77 bits per heavy atom. The van der Waals surface area contributed by atoms with Crippen LogP contribution in [0.1, 0.15) is 82.9 Å². The molecule has 3 unspecified atom stereocenters. The minimum Gasteiger partial charge on any atom is -0.477 e. The van der Waals surface area contributed by atoms with Gasteiger partial charge in [0.1, 0.15) is 0 Å². The van der Waals surface area contributed by atoms with Gasteiger partial charge in [-0.05, 0) is 97.0 Å². The van der Waals surface area contributed by atoms with Crippen LogP contribution in [0.15, 0.2) is 53.4 Å². The van der Waals surface area contributed by atoms with Crippen LogP contribution in [0.3, 0.4) is 0 Å². The lowest BCUT2D eigenvalue weighted by atomic mass is 9.73. The number of aryl methyl sites for hydroxylation is 2. The van der Waals surface area contributed by atoms with Crippen molar-refractivity contribution in [2.24, 2.45) is 16.7 Å². The van der Waals surface area contributed by atoms with E-state index in [2.05, 4.69) is 95.7 Å². The Hall–Kier alpha value is -2.57. The van der Waals surface area contributed by atoms with Crippen LogP contribution >= 0.6 is 11.9 Å². The number of nitrogens with zero attached hydrogens (tertiary/aromatic N) is 2. The van der Waals surface area contributed by atoms with Gasteiger partial charge in [0.25, 0.3) is 0 Å². The standard InChI is InChI=1S/C34H45N3O2S/c1-22-10-8-11-23(2)31(22)29-18-30-36-32(35-29)37-40-27-13-9-12-24(16-27)28(25(20-38-30)19-33(3,4)5)17-26-14-15-34(6,7)21-39-26/h8-13,16,18,25-26,28H,14-15,17,19-21H2,1-7H3,(H,35,36,37). The molecule has 4 bridgehead atoms. The zero-order valence-electron chi connectivity index (χ0n) is 25.2. The maximum absolute atomic E-state index is 6.60. The molecule has 3 aromatic rings. The molecular formula is C34H45N3O2S. The van der Waals surface area contributed by atoms with Gasteiger partial charge in [0.15, 0.2) is 0 Å². The van der Waals surface area contributed by atoms with Crippen LogP contribution in [-0.4, -0.2) is 29.3 Å². The number of fused-ring (bicyclic) bond motifs is 4. The Morgan fingerprint density at radius 1 is 1.02 bits per heavy atom. The van der Waals surface area contributed by atoms with Crippen LogP contribution in [0.4, 0.5) is 5.95 Å². The highest BCUT2D eigenvalue weighted by Gasteiger charge is 2.34. The number of rotatable bonds is 4. The number of ether oxygens (including phenoxy) is 2. The molecule has 2 aliphatic rings. The highest BCUT2D eigenvalue weighted by atomic mass is 32.2. The molecule has 40 heavy (non-hydrogen) atoms. The van der Waals surface area contributed by atoms with Crippen LogP contribution in [0.2, 0.25) is 0 Å². The van der Waals surface area contributed by atoms with Crippen molar-refractivity contribution in [3.8, 4) is 17.1 Å². The number of nitrogens with one attached hydrogen (secondary N) is 1. The highest BCUT2D eigenvalue weighted by molar-refractivity contribution is 8.00. The van der Waals surface area contributed by atoms with E-state index in [1.54, 1.807) is 11.9 Å². The monoisotopic (exact) mass is 559 g/mol. The molecule has 1 N–H and O–H groups in total. The summed E-state index contributed by atoms with van der Waals surface area (Å²) in [5.74, 6) is 1.82. The summed E-state index contributed by atoms with van der Waals surface area (Å²) in [6.07, 6.45) is 4.63. The van der Waals surface area contributed by atoms with Gasteiger partial charge in [0, 0.05) is 22.4 Å². The van der Waals surface area contributed by atoms with E-state index in [1.165, 1.54) is 23.1 Å². The highest BCUT2D eigenvalue weighted by Crippen LogP contribution is 2.42. The first kappa shape index (κ1) is 28.9. The number of aromatic nitrogens is 2. The fourth-order valence-corrected chi connectivity index (χ4v) is 6.86. The van der Waals surface area contributed by atoms with Crippen LogP contribution in [-0.2, 0) is 4.74 Å². The summed E-state index contributed by atoms with van der Waals surface area (Å²) in [6.45, 7) is 17.3. The van der Waals surface area contributed by atoms with Crippen LogP contribution in [0.5, 0.6) is 5.88 Å². The van der Waals surface area contributed by atoms with Gasteiger partial charge in [-0.2, -0.15) is 4.98 Å². The first-order chi connectivity index (χ1) is 19.0. The molecule has 1 saturated heterocycles. The summed E-state index contributed by atoms with van der Waals surface area (Å²) in [5.41, 5.74) is 6.19. The molecule has 5 rings (SSSR count). The van der Waals surface area contributed by atoms with E-state index in [0.29, 0.717) is 30.3 Å². The Kier molecular flexibility index (Phi) is 8.49. The molecular weight excluding hydrogens is 514 g/mol. The fraction of sp³-hybridized carbons (Fsp3) is 0.529. The summed E-state index contributed by atoms with van der Waals surface area (Å²) in [5, 5.41) is 0. The van der Waals surface area contributed by atoms with Crippen molar-refractivity contribution in [3.05, 3.63) is 65.2 Å². The van der Waals surface area contributed by atoms with Crippen LogP contribution < -0.4 is 9.46 Å². The van der Waals surface area contributed by atoms with E-state index in [4.69, 9.17) is 19.4 Å². The minimum atomic E-state index is 0.160. The molecule has 1 aromatic heterocycles. The summed E-state index contributed by atoms with van der Waals surface area (Å²) in [6, 6.07) is 17.3. The summed E-state index contributed by atoms with van der Waals surface area (Å²) >= 11 is 1.56. The SMILES string of the molecule is Cc1cccc(C)c1-c1cc2nc(n1)NSc1cccc(c1)C(CC1CCC(C)(C)CO1)C(CC(C)(C)C)CO2. The van der Waals surface area contributed by atoms with Crippen molar-refractivity contribution < 1.29 is 9.47 Å². The van der Waals surface area contributed by atoms with Gasteiger partial charge in [-0.25, -0.2) is 4.98 Å². The molecule has 3 heterocycles. The molecule has 214 valence electrons. The molecule has 2 aliphatic heterocycles. The van der Waals surface area contributed by atoms with Gasteiger partial charge in [-0.1, -0.05) is 65.0 Å². The topological polar surface area (TPSA) is 56.3 Å². The Morgan fingerprint density at radius 3 is 2.48 bits per heavy atom. The third-order valence-electron chi connectivity index (χ3n) is 8.24. The van der Waals surface area contributed by atoms with E-state index >= 15 is 0 Å². The second kappa shape index (κ2) is 11.7. The summed E-state index contributed by atoms with van der Waals surface area (Å²) in [7, 11) is 0. The molecule has 0 radical (unpaired) electrons. The van der Waals surface area contributed by atoms with Crippen LogP contribution in [0.25, 0.3) is 11.3 Å². The van der Waals surface area contributed by atoms with Crippen LogP contribution in [0, 0.1) is 30.6 Å². The second-order valence-corrected chi connectivity index (χ2v) is 14.7. The first-order valence-corrected chi connectivity index (χ1v) is 15.5. The third-order valence-corrected chi connectivity index (χ3v) is 9.02. The van der Waals surface area contributed by atoms with Crippen molar-refractivity contribution in [1.29, 1.82) is 0 Å². The van der Waals surface area contributed by atoms with Crippen molar-refractivity contribution in [1.82, 2.24) is 9.97 Å². The molecule has 0 aliphatic carbocycles. The smallest absolute Gasteiger partial charge is 0.237 e. The Labute approximate surface area is 245 Å². The zero-order chi connectivity index (χ0) is 28.5. The predicted octanol–water partition coefficient (Wildman–Crippen LogP) is 9.00. The van der Waals surface area contributed by atoms with Gasteiger partial charge in [0.2, 0.25) is 11.8 Å². The van der Waals surface area contributed by atoms with Crippen molar-refractivity contribution in [2.45, 2.75) is 91.1 Å². The van der Waals surface area contributed by atoms with E-state index in [-0.39, 0.29) is 16.9 Å². The molecule has 5 nitrogen and oxygen atoms in total. The van der Waals surface area contributed by atoms with E-state index < -0.39 is 0 Å². The van der Waals surface area contributed by atoms with Gasteiger partial charge < -0.3 is 9.47 Å². The largest absolute Gasteiger partial charge is 0.477 e. The van der Waals surface area contributed by atoms with Crippen molar-refractivity contribution >= 4 is 17.9 Å². The van der Waals surface area contributed by atoms with Gasteiger partial charge >= 0.3 is 0 Å². The molecule has 3 atom stereocenters. The lowest BCUT2D eigenvalue weighted by Crippen LogP contribution is -2.35. The molecule has 6 heteroatoms. The van der Waals surface area contributed by atoms with Gasteiger partial charge in [0.05, 0.1) is 25.0 Å². The number of hydrogen-bond donors (Lipinski definition) is 1. The molecule has 0 amide bonds. The normalized spacial score (nSPS) is 22.8. The fourth-order valence-electron chi connectivity index (χ4n) is 6.22. The van der Waals surface area contributed by atoms with Crippen molar-refractivity contribution in [3.63, 3.8) is 0 Å². The third kappa shape index (κ3) is 7.19. The van der Waals surface area contributed by atoms with Gasteiger partial charge in [-0.15, -0.1) is 0 Å². The number of benzene rings is 2.